The van der Waals surface area contributed by atoms with E-state index in [0.717, 1.165) is 38.2 Å². The van der Waals surface area contributed by atoms with Gasteiger partial charge in [0, 0.05) is 32.1 Å². The highest BCUT2D eigenvalue weighted by molar-refractivity contribution is 5.80. The molecular weight excluding hydrogens is 228 g/mol. The van der Waals surface area contributed by atoms with Crippen molar-refractivity contribution in [2.75, 3.05) is 13.6 Å². The maximum atomic E-state index is 11.4. The van der Waals surface area contributed by atoms with Crippen molar-refractivity contribution in [2.45, 2.75) is 58.0 Å². The lowest BCUT2D eigenvalue weighted by atomic mass is 10.2. The van der Waals surface area contributed by atoms with Crippen molar-refractivity contribution in [3.63, 3.8) is 0 Å². The summed E-state index contributed by atoms with van der Waals surface area (Å²) in [6.45, 7) is 5.03. The molecule has 1 aliphatic rings. The van der Waals surface area contributed by atoms with Crippen molar-refractivity contribution < 1.29 is 4.79 Å². The Hall–Kier alpha value is -1.26. The molecule has 3 N–H and O–H groups in total. The minimum absolute atomic E-state index is 0.171. The SMILES string of the molecule is CCC(C)NC(=NC)NCCCC(=O)NC1CC1. The van der Waals surface area contributed by atoms with E-state index in [1.165, 1.54) is 0 Å². The lowest BCUT2D eigenvalue weighted by molar-refractivity contribution is -0.121. The Morgan fingerprint density at radius 1 is 1.44 bits per heavy atom. The molecular formula is C13H26N4O. The lowest BCUT2D eigenvalue weighted by Gasteiger charge is -2.16. The maximum Gasteiger partial charge on any atom is 0.220 e. The zero-order chi connectivity index (χ0) is 13.4. The molecule has 1 amide bonds. The van der Waals surface area contributed by atoms with E-state index in [-0.39, 0.29) is 5.91 Å². The van der Waals surface area contributed by atoms with Crippen LogP contribution in [0, 0.1) is 0 Å². The van der Waals surface area contributed by atoms with Crippen LogP contribution in [0.3, 0.4) is 0 Å². The molecule has 0 heterocycles. The van der Waals surface area contributed by atoms with Gasteiger partial charge in [-0.05, 0) is 32.6 Å². The highest BCUT2D eigenvalue weighted by atomic mass is 16.1. The van der Waals surface area contributed by atoms with E-state index in [1.807, 2.05) is 0 Å². The summed E-state index contributed by atoms with van der Waals surface area (Å²) in [5, 5.41) is 9.49. The average molecular weight is 254 g/mol. The largest absolute Gasteiger partial charge is 0.356 e. The van der Waals surface area contributed by atoms with E-state index < -0.39 is 0 Å². The number of hydrogen-bond acceptors (Lipinski definition) is 2. The number of rotatable bonds is 7. The molecule has 104 valence electrons. The van der Waals surface area contributed by atoms with Crippen molar-refractivity contribution in [1.29, 1.82) is 0 Å². The van der Waals surface area contributed by atoms with Crippen molar-refractivity contribution in [1.82, 2.24) is 16.0 Å². The Morgan fingerprint density at radius 3 is 2.72 bits per heavy atom. The van der Waals surface area contributed by atoms with E-state index >= 15 is 0 Å². The van der Waals surface area contributed by atoms with Gasteiger partial charge in [-0.1, -0.05) is 6.92 Å². The van der Waals surface area contributed by atoms with Crippen LogP contribution < -0.4 is 16.0 Å². The monoisotopic (exact) mass is 254 g/mol. The van der Waals surface area contributed by atoms with Gasteiger partial charge in [0.15, 0.2) is 5.96 Å². The van der Waals surface area contributed by atoms with Gasteiger partial charge in [0.1, 0.15) is 0 Å². The first kappa shape index (κ1) is 14.8. The van der Waals surface area contributed by atoms with E-state index in [9.17, 15) is 4.79 Å². The van der Waals surface area contributed by atoms with Crippen LogP contribution in [0.4, 0.5) is 0 Å². The van der Waals surface area contributed by atoms with Gasteiger partial charge in [0.05, 0.1) is 0 Å². The summed E-state index contributed by atoms with van der Waals surface area (Å²) in [5.41, 5.74) is 0. The maximum absolute atomic E-state index is 11.4. The second kappa shape index (κ2) is 7.95. The molecule has 0 aromatic carbocycles. The molecule has 0 radical (unpaired) electrons. The molecule has 0 aliphatic heterocycles. The van der Waals surface area contributed by atoms with E-state index in [0.29, 0.717) is 18.5 Å². The molecule has 1 fully saturated rings. The first-order valence-electron chi connectivity index (χ1n) is 6.92. The van der Waals surface area contributed by atoms with Crippen molar-refractivity contribution >= 4 is 11.9 Å². The van der Waals surface area contributed by atoms with Gasteiger partial charge in [-0.25, -0.2) is 0 Å². The predicted octanol–water partition coefficient (Wildman–Crippen LogP) is 1.01. The fourth-order valence-corrected chi connectivity index (χ4v) is 1.51. The van der Waals surface area contributed by atoms with Gasteiger partial charge in [0.25, 0.3) is 0 Å². The Labute approximate surface area is 110 Å². The average Bonchev–Trinajstić information content (AvgIpc) is 3.16. The van der Waals surface area contributed by atoms with Crippen molar-refractivity contribution in [2.24, 2.45) is 4.99 Å². The second-order valence-electron chi connectivity index (χ2n) is 4.90. The summed E-state index contributed by atoms with van der Waals surface area (Å²) in [7, 11) is 1.76. The number of hydrogen-bond donors (Lipinski definition) is 3. The highest BCUT2D eigenvalue weighted by Crippen LogP contribution is 2.18. The molecule has 5 heteroatoms. The van der Waals surface area contributed by atoms with E-state index in [2.05, 4.69) is 34.8 Å². The van der Waals surface area contributed by atoms with Crippen LogP contribution in [0.1, 0.15) is 46.0 Å². The standard InChI is InChI=1S/C13H26N4O/c1-4-10(2)16-13(14-3)15-9-5-6-12(18)17-11-7-8-11/h10-11H,4-9H2,1-3H3,(H,17,18)(H2,14,15,16). The van der Waals surface area contributed by atoms with Crippen LogP contribution in [0.5, 0.6) is 0 Å². The quantitative estimate of drug-likeness (QED) is 0.361. The van der Waals surface area contributed by atoms with Gasteiger partial charge >= 0.3 is 0 Å². The predicted molar refractivity (Wildman–Crippen MR) is 74.6 cm³/mol. The molecule has 0 aromatic heterocycles. The van der Waals surface area contributed by atoms with Gasteiger partial charge in [0.2, 0.25) is 5.91 Å². The third-order valence-electron chi connectivity index (χ3n) is 3.03. The Bertz CT molecular complexity index is 287. The van der Waals surface area contributed by atoms with Crippen molar-refractivity contribution in [3.05, 3.63) is 0 Å². The molecule has 18 heavy (non-hydrogen) atoms. The summed E-state index contributed by atoms with van der Waals surface area (Å²) in [6.07, 6.45) is 4.78. The van der Waals surface area contributed by atoms with Gasteiger partial charge in [-0.3, -0.25) is 9.79 Å². The number of nitrogens with zero attached hydrogens (tertiary/aromatic N) is 1. The van der Waals surface area contributed by atoms with Gasteiger partial charge in [-0.2, -0.15) is 0 Å². The number of carbonyl (C=O) groups is 1. The third-order valence-corrected chi connectivity index (χ3v) is 3.03. The van der Waals surface area contributed by atoms with Gasteiger partial charge < -0.3 is 16.0 Å². The van der Waals surface area contributed by atoms with Crippen LogP contribution >= 0.6 is 0 Å². The fraction of sp³-hybridized carbons (Fsp3) is 0.846. The van der Waals surface area contributed by atoms with E-state index in [1.54, 1.807) is 7.05 Å². The van der Waals surface area contributed by atoms with Crippen molar-refractivity contribution in [3.8, 4) is 0 Å². The molecule has 0 aromatic rings. The Kier molecular flexibility index (Phi) is 6.54. The second-order valence-corrected chi connectivity index (χ2v) is 4.90. The normalized spacial score (nSPS) is 17.2. The molecule has 0 spiro atoms. The minimum atomic E-state index is 0.171. The molecule has 1 rings (SSSR count). The molecule has 0 bridgehead atoms. The zero-order valence-electron chi connectivity index (χ0n) is 11.8. The van der Waals surface area contributed by atoms with Crippen LogP contribution in [0.15, 0.2) is 4.99 Å². The summed E-state index contributed by atoms with van der Waals surface area (Å²) in [4.78, 5) is 15.6. The van der Waals surface area contributed by atoms with E-state index in [4.69, 9.17) is 0 Å². The molecule has 5 nitrogen and oxygen atoms in total. The van der Waals surface area contributed by atoms with Crippen LogP contribution in [0.2, 0.25) is 0 Å². The summed E-state index contributed by atoms with van der Waals surface area (Å²) in [6, 6.07) is 0.875. The first-order chi connectivity index (χ1) is 8.65. The number of guanidine groups is 1. The third kappa shape index (κ3) is 6.47. The number of aliphatic imine (C=N–C) groups is 1. The summed E-state index contributed by atoms with van der Waals surface area (Å²) in [5.74, 6) is 0.983. The molecule has 1 atom stereocenters. The smallest absolute Gasteiger partial charge is 0.220 e. The van der Waals surface area contributed by atoms with Crippen LogP contribution in [-0.4, -0.2) is 37.5 Å². The first-order valence-corrected chi connectivity index (χ1v) is 6.92. The summed E-state index contributed by atoms with van der Waals surface area (Å²) < 4.78 is 0. The number of nitrogens with one attached hydrogen (secondary N) is 3. The number of carbonyl (C=O) groups excluding carboxylic acids is 1. The fourth-order valence-electron chi connectivity index (χ4n) is 1.51. The topological polar surface area (TPSA) is 65.5 Å². The molecule has 1 saturated carbocycles. The Balaban J connectivity index is 2.05. The molecule has 1 unspecified atom stereocenters. The summed E-state index contributed by atoms with van der Waals surface area (Å²) >= 11 is 0. The van der Waals surface area contributed by atoms with Crippen LogP contribution in [-0.2, 0) is 4.79 Å². The molecule has 1 aliphatic carbocycles. The Morgan fingerprint density at radius 2 is 2.17 bits per heavy atom. The highest BCUT2D eigenvalue weighted by Gasteiger charge is 2.22. The van der Waals surface area contributed by atoms with Gasteiger partial charge in [-0.15, -0.1) is 0 Å². The van der Waals surface area contributed by atoms with Crippen LogP contribution in [0.25, 0.3) is 0 Å². The zero-order valence-corrected chi connectivity index (χ0v) is 11.8. The number of amides is 1. The molecule has 0 saturated heterocycles. The lowest BCUT2D eigenvalue weighted by Crippen LogP contribution is -2.42. The minimum Gasteiger partial charge on any atom is -0.356 e.